The average molecular weight is 321 g/mol. The fraction of sp³-hybridized carbons (Fsp3) is 0.400. The molecule has 2 aromatic rings. The molecule has 1 atom stereocenters. The predicted molar refractivity (Wildman–Crippen MR) is 81.5 cm³/mol. The molecule has 0 aliphatic carbocycles. The third kappa shape index (κ3) is 2.35. The monoisotopic (exact) mass is 320 g/mol. The first kappa shape index (κ1) is 12.9. The van der Waals surface area contributed by atoms with E-state index < -0.39 is 0 Å². The Labute approximate surface area is 121 Å². The smallest absolute Gasteiger partial charge is 0.136 e. The minimum Gasteiger partial charge on any atom is -0.394 e. The van der Waals surface area contributed by atoms with E-state index in [1.165, 1.54) is 18.2 Å². The zero-order chi connectivity index (χ0) is 13.2. The summed E-state index contributed by atoms with van der Waals surface area (Å²) in [6.07, 6.45) is 5.26. The van der Waals surface area contributed by atoms with E-state index in [1.807, 2.05) is 24.4 Å². The highest BCUT2D eigenvalue weighted by molar-refractivity contribution is 9.10. The van der Waals surface area contributed by atoms with Crippen LogP contribution < -0.4 is 4.90 Å². The summed E-state index contributed by atoms with van der Waals surface area (Å²) in [7, 11) is 0. The molecule has 100 valence electrons. The molecule has 4 heteroatoms. The minimum absolute atomic E-state index is 0.200. The van der Waals surface area contributed by atoms with Crippen molar-refractivity contribution in [1.82, 2.24) is 4.98 Å². The Morgan fingerprint density at radius 2 is 2.16 bits per heavy atom. The second-order valence-electron chi connectivity index (χ2n) is 5.00. The number of hydrogen-bond acceptors (Lipinski definition) is 3. The van der Waals surface area contributed by atoms with Crippen molar-refractivity contribution in [2.24, 2.45) is 0 Å². The van der Waals surface area contributed by atoms with Crippen molar-refractivity contribution in [3.8, 4) is 0 Å². The number of rotatable bonds is 2. The summed E-state index contributed by atoms with van der Waals surface area (Å²) in [5, 5.41) is 11.9. The van der Waals surface area contributed by atoms with Gasteiger partial charge in [-0.05, 0) is 31.4 Å². The van der Waals surface area contributed by atoms with E-state index >= 15 is 0 Å². The number of aliphatic hydroxyl groups excluding tert-OH is 1. The standard InChI is InChI=1S/C15H17BrN2O/c16-14-6-3-5-13-12(14)7-8-17-15(13)18-9-2-1-4-11(18)10-19/h3,5-8,11,19H,1-2,4,9-10H2. The van der Waals surface area contributed by atoms with Crippen LogP contribution in [-0.2, 0) is 0 Å². The fourth-order valence-corrected chi connectivity index (χ4v) is 3.35. The van der Waals surface area contributed by atoms with Gasteiger partial charge in [0, 0.05) is 28.0 Å². The molecule has 0 bridgehead atoms. The molecular weight excluding hydrogens is 304 g/mol. The van der Waals surface area contributed by atoms with Gasteiger partial charge in [-0.1, -0.05) is 28.1 Å². The van der Waals surface area contributed by atoms with Crippen molar-refractivity contribution in [1.29, 1.82) is 0 Å². The van der Waals surface area contributed by atoms with E-state index in [0.717, 1.165) is 28.6 Å². The summed E-state index contributed by atoms with van der Waals surface area (Å²) in [5.41, 5.74) is 0. The Hall–Kier alpha value is -1.13. The van der Waals surface area contributed by atoms with Gasteiger partial charge in [-0.15, -0.1) is 0 Å². The molecule has 1 aliphatic rings. The molecule has 1 saturated heterocycles. The molecule has 0 spiro atoms. The van der Waals surface area contributed by atoms with Crippen LogP contribution in [0.1, 0.15) is 19.3 Å². The minimum atomic E-state index is 0.200. The first-order chi connectivity index (χ1) is 9.31. The molecule has 3 nitrogen and oxygen atoms in total. The zero-order valence-electron chi connectivity index (χ0n) is 10.7. The van der Waals surface area contributed by atoms with Crippen LogP contribution in [0.5, 0.6) is 0 Å². The molecule has 1 aromatic carbocycles. The number of aliphatic hydroxyl groups is 1. The molecular formula is C15H17BrN2O. The normalized spacial score (nSPS) is 19.9. The van der Waals surface area contributed by atoms with E-state index in [4.69, 9.17) is 0 Å². The highest BCUT2D eigenvalue weighted by Gasteiger charge is 2.24. The molecule has 0 saturated carbocycles. The lowest BCUT2D eigenvalue weighted by Crippen LogP contribution is -2.42. The third-order valence-corrected chi connectivity index (χ3v) is 4.53. The number of fused-ring (bicyclic) bond motifs is 1. The van der Waals surface area contributed by atoms with Crippen LogP contribution in [0.2, 0.25) is 0 Å². The number of hydrogen-bond donors (Lipinski definition) is 1. The number of halogens is 1. The molecule has 1 aromatic heterocycles. The van der Waals surface area contributed by atoms with Gasteiger partial charge < -0.3 is 10.0 Å². The van der Waals surface area contributed by atoms with Crippen LogP contribution in [0, 0.1) is 0 Å². The predicted octanol–water partition coefficient (Wildman–Crippen LogP) is 3.35. The summed E-state index contributed by atoms with van der Waals surface area (Å²) in [6.45, 7) is 1.18. The van der Waals surface area contributed by atoms with Crippen LogP contribution in [-0.4, -0.2) is 29.3 Å². The molecule has 0 amide bonds. The third-order valence-electron chi connectivity index (χ3n) is 3.84. The molecule has 2 heterocycles. The van der Waals surface area contributed by atoms with Crippen molar-refractivity contribution >= 4 is 32.5 Å². The Balaban J connectivity index is 2.11. The van der Waals surface area contributed by atoms with Gasteiger partial charge in [0.1, 0.15) is 5.82 Å². The molecule has 1 N–H and O–H groups in total. The highest BCUT2D eigenvalue weighted by Crippen LogP contribution is 2.32. The SMILES string of the molecule is OCC1CCCCN1c1nccc2c(Br)cccc12. The van der Waals surface area contributed by atoms with Gasteiger partial charge in [-0.25, -0.2) is 4.98 Å². The van der Waals surface area contributed by atoms with Crippen molar-refractivity contribution in [2.75, 3.05) is 18.1 Å². The van der Waals surface area contributed by atoms with Gasteiger partial charge in [-0.3, -0.25) is 0 Å². The van der Waals surface area contributed by atoms with Gasteiger partial charge >= 0.3 is 0 Å². The Bertz CT molecular complexity index is 587. The van der Waals surface area contributed by atoms with Crippen LogP contribution in [0.25, 0.3) is 10.8 Å². The molecule has 3 rings (SSSR count). The van der Waals surface area contributed by atoms with Crippen molar-refractivity contribution < 1.29 is 5.11 Å². The summed E-state index contributed by atoms with van der Waals surface area (Å²) in [5.74, 6) is 0.998. The first-order valence-corrected chi connectivity index (χ1v) is 7.51. The lowest BCUT2D eigenvalue weighted by Gasteiger charge is -2.36. The van der Waals surface area contributed by atoms with Crippen molar-refractivity contribution in [2.45, 2.75) is 25.3 Å². The van der Waals surface area contributed by atoms with Gasteiger partial charge in [-0.2, -0.15) is 0 Å². The molecule has 1 unspecified atom stereocenters. The summed E-state index contributed by atoms with van der Waals surface area (Å²) >= 11 is 3.59. The maximum atomic E-state index is 9.57. The van der Waals surface area contributed by atoms with Crippen LogP contribution >= 0.6 is 15.9 Å². The topological polar surface area (TPSA) is 36.4 Å². The van der Waals surface area contributed by atoms with E-state index in [0.29, 0.717) is 0 Å². The summed E-state index contributed by atoms with van der Waals surface area (Å²) in [4.78, 5) is 6.83. The Morgan fingerprint density at radius 3 is 3.00 bits per heavy atom. The number of pyridine rings is 1. The van der Waals surface area contributed by atoms with Crippen molar-refractivity contribution in [3.05, 3.63) is 34.9 Å². The van der Waals surface area contributed by atoms with Gasteiger partial charge in [0.25, 0.3) is 0 Å². The number of aromatic nitrogens is 1. The number of nitrogens with zero attached hydrogens (tertiary/aromatic N) is 2. The maximum Gasteiger partial charge on any atom is 0.136 e. The summed E-state index contributed by atoms with van der Waals surface area (Å²) < 4.78 is 1.09. The van der Waals surface area contributed by atoms with E-state index in [1.54, 1.807) is 0 Å². The lowest BCUT2D eigenvalue weighted by molar-refractivity contribution is 0.239. The lowest BCUT2D eigenvalue weighted by atomic mass is 10.0. The van der Waals surface area contributed by atoms with Crippen LogP contribution in [0.15, 0.2) is 34.9 Å². The summed E-state index contributed by atoms with van der Waals surface area (Å²) in [6, 6.07) is 8.42. The zero-order valence-corrected chi connectivity index (χ0v) is 12.3. The van der Waals surface area contributed by atoms with Gasteiger partial charge in [0.05, 0.1) is 12.6 Å². The second kappa shape index (κ2) is 5.47. The van der Waals surface area contributed by atoms with E-state index in [9.17, 15) is 5.11 Å². The van der Waals surface area contributed by atoms with Crippen LogP contribution in [0.3, 0.4) is 0 Å². The molecule has 19 heavy (non-hydrogen) atoms. The number of benzene rings is 1. The average Bonchev–Trinajstić information content (AvgIpc) is 2.47. The van der Waals surface area contributed by atoms with Crippen LogP contribution in [0.4, 0.5) is 5.82 Å². The van der Waals surface area contributed by atoms with E-state index in [2.05, 4.69) is 31.9 Å². The maximum absolute atomic E-state index is 9.57. The molecule has 0 radical (unpaired) electrons. The van der Waals surface area contributed by atoms with Crippen molar-refractivity contribution in [3.63, 3.8) is 0 Å². The second-order valence-corrected chi connectivity index (χ2v) is 5.85. The van der Waals surface area contributed by atoms with E-state index in [-0.39, 0.29) is 12.6 Å². The Morgan fingerprint density at radius 1 is 1.26 bits per heavy atom. The molecule has 1 fully saturated rings. The molecule has 1 aliphatic heterocycles. The highest BCUT2D eigenvalue weighted by atomic mass is 79.9. The number of piperidine rings is 1. The van der Waals surface area contributed by atoms with Gasteiger partial charge in [0.15, 0.2) is 0 Å². The quantitative estimate of drug-likeness (QED) is 0.921. The Kier molecular flexibility index (Phi) is 3.71. The van der Waals surface area contributed by atoms with Gasteiger partial charge in [0.2, 0.25) is 0 Å². The first-order valence-electron chi connectivity index (χ1n) is 6.72. The number of anilines is 1. The fourth-order valence-electron chi connectivity index (χ4n) is 2.85. The largest absolute Gasteiger partial charge is 0.394 e.